The van der Waals surface area contributed by atoms with Gasteiger partial charge in [-0.05, 0) is 81.5 Å². The molecule has 0 radical (unpaired) electrons. The van der Waals surface area contributed by atoms with Crippen LogP contribution in [0.2, 0.25) is 0 Å². The van der Waals surface area contributed by atoms with Crippen molar-refractivity contribution in [1.82, 2.24) is 9.78 Å². The summed E-state index contributed by atoms with van der Waals surface area (Å²) in [5.74, 6) is -0.155. The highest BCUT2D eigenvalue weighted by atomic mass is 19.4. The lowest BCUT2D eigenvalue weighted by molar-refractivity contribution is -0.142. The van der Waals surface area contributed by atoms with E-state index in [1.54, 1.807) is 29.2 Å². The van der Waals surface area contributed by atoms with E-state index in [4.69, 9.17) is 0 Å². The van der Waals surface area contributed by atoms with Crippen molar-refractivity contribution in [1.29, 1.82) is 0 Å². The van der Waals surface area contributed by atoms with Gasteiger partial charge in [-0.1, -0.05) is 12.1 Å². The van der Waals surface area contributed by atoms with Crippen LogP contribution in [0, 0.1) is 6.92 Å². The second-order valence-corrected chi connectivity index (χ2v) is 7.83. The van der Waals surface area contributed by atoms with Crippen LogP contribution in [-0.2, 0) is 19.0 Å². The van der Waals surface area contributed by atoms with Gasteiger partial charge in [0, 0.05) is 29.1 Å². The minimum atomic E-state index is -4.47. The molecule has 1 aliphatic carbocycles. The highest BCUT2D eigenvalue weighted by molar-refractivity contribution is 6.06. The molecule has 0 bridgehead atoms. The number of hydrogen-bond donors (Lipinski definition) is 0. The van der Waals surface area contributed by atoms with E-state index in [0.29, 0.717) is 41.9 Å². The number of anilines is 1. The summed E-state index contributed by atoms with van der Waals surface area (Å²) < 4.78 is 41.8. The molecule has 0 saturated heterocycles. The third-order valence-corrected chi connectivity index (χ3v) is 5.68. The number of carbonyl (C=O) groups excluding carboxylic acids is 1. The molecule has 0 aliphatic heterocycles. The molecule has 7 heteroatoms. The van der Waals surface area contributed by atoms with Crippen LogP contribution < -0.4 is 4.90 Å². The van der Waals surface area contributed by atoms with E-state index in [9.17, 15) is 18.0 Å². The summed E-state index contributed by atoms with van der Waals surface area (Å²) in [6, 6.07) is 14.3. The average molecular weight is 427 g/mol. The fourth-order valence-corrected chi connectivity index (χ4v) is 4.18. The first-order valence-corrected chi connectivity index (χ1v) is 10.5. The number of halogens is 3. The molecule has 0 unspecified atom stereocenters. The molecule has 4 nitrogen and oxygen atoms in total. The fourth-order valence-electron chi connectivity index (χ4n) is 4.18. The molecule has 1 amide bonds. The van der Waals surface area contributed by atoms with Crippen LogP contribution >= 0.6 is 0 Å². The largest absolute Gasteiger partial charge is 0.435 e. The molecule has 1 aliphatic rings. The molecular weight excluding hydrogens is 403 g/mol. The normalized spacial score (nSPS) is 13.7. The maximum Gasteiger partial charge on any atom is 0.435 e. The lowest BCUT2D eigenvalue weighted by Crippen LogP contribution is -2.30. The molecule has 0 saturated carbocycles. The van der Waals surface area contributed by atoms with Crippen LogP contribution in [0.4, 0.5) is 18.9 Å². The van der Waals surface area contributed by atoms with E-state index < -0.39 is 11.9 Å². The highest BCUT2D eigenvalue weighted by Crippen LogP contribution is 2.36. The first-order valence-electron chi connectivity index (χ1n) is 10.5. The number of nitrogens with zero attached hydrogens (tertiary/aromatic N) is 3. The van der Waals surface area contributed by atoms with Crippen molar-refractivity contribution in [2.45, 2.75) is 45.7 Å². The standard InChI is InChI=1S/C24H24F3N3O/c1-3-29(19-8-6-7-16(2)15-19)23(31)17-11-13-18(14-12-17)30-21-10-5-4-9-20(21)22(28-30)24(25,26)27/h6-8,11-15H,3-5,9-10H2,1-2H3. The SMILES string of the molecule is CCN(C(=O)c1ccc(-n2nc(C(F)(F)F)c3c2CCCC3)cc1)c1cccc(C)c1. The number of aryl methyl sites for hydroxylation is 1. The molecule has 3 aromatic rings. The van der Waals surface area contributed by atoms with Crippen LogP contribution in [0.25, 0.3) is 5.69 Å². The molecule has 0 N–H and O–H groups in total. The van der Waals surface area contributed by atoms with Gasteiger partial charge in [0.2, 0.25) is 0 Å². The second kappa shape index (κ2) is 8.21. The molecule has 2 aromatic carbocycles. The van der Waals surface area contributed by atoms with E-state index in [-0.39, 0.29) is 5.91 Å². The van der Waals surface area contributed by atoms with Crippen molar-refractivity contribution < 1.29 is 18.0 Å². The van der Waals surface area contributed by atoms with Crippen LogP contribution in [0.3, 0.4) is 0 Å². The Kier molecular flexibility index (Phi) is 5.60. The summed E-state index contributed by atoms with van der Waals surface area (Å²) in [4.78, 5) is 14.7. The predicted molar refractivity (Wildman–Crippen MR) is 114 cm³/mol. The molecule has 162 valence electrons. The van der Waals surface area contributed by atoms with E-state index >= 15 is 0 Å². The number of rotatable bonds is 4. The fraction of sp³-hybridized carbons (Fsp3) is 0.333. The number of alkyl halides is 3. The van der Waals surface area contributed by atoms with Crippen LogP contribution in [0.1, 0.15) is 52.6 Å². The van der Waals surface area contributed by atoms with E-state index in [1.165, 1.54) is 4.68 Å². The Hall–Kier alpha value is -3.09. The number of fused-ring (bicyclic) bond motifs is 1. The van der Waals surface area contributed by atoms with Gasteiger partial charge >= 0.3 is 6.18 Å². The number of carbonyl (C=O) groups is 1. The topological polar surface area (TPSA) is 38.1 Å². The van der Waals surface area contributed by atoms with Crippen molar-refractivity contribution in [3.63, 3.8) is 0 Å². The van der Waals surface area contributed by atoms with Gasteiger partial charge in [0.05, 0.1) is 5.69 Å². The van der Waals surface area contributed by atoms with E-state index in [0.717, 1.165) is 24.1 Å². The van der Waals surface area contributed by atoms with Gasteiger partial charge in [-0.2, -0.15) is 18.3 Å². The lowest BCUT2D eigenvalue weighted by atomic mass is 9.95. The van der Waals surface area contributed by atoms with Crippen molar-refractivity contribution in [2.24, 2.45) is 0 Å². The van der Waals surface area contributed by atoms with E-state index in [2.05, 4.69) is 5.10 Å². The number of aromatic nitrogens is 2. The van der Waals surface area contributed by atoms with Crippen molar-refractivity contribution in [3.05, 3.63) is 76.6 Å². The molecule has 1 heterocycles. The minimum Gasteiger partial charge on any atom is -0.309 e. The van der Waals surface area contributed by atoms with Gasteiger partial charge in [0.25, 0.3) is 5.91 Å². The summed E-state index contributed by atoms with van der Waals surface area (Å²) >= 11 is 0. The second-order valence-electron chi connectivity index (χ2n) is 7.83. The molecule has 4 rings (SSSR count). The Balaban J connectivity index is 1.66. The molecule has 1 aromatic heterocycles. The zero-order chi connectivity index (χ0) is 22.2. The number of benzene rings is 2. The average Bonchev–Trinajstić information content (AvgIpc) is 3.15. The summed E-state index contributed by atoms with van der Waals surface area (Å²) in [5, 5.41) is 3.91. The molecule has 0 spiro atoms. The van der Waals surface area contributed by atoms with Gasteiger partial charge in [0.15, 0.2) is 5.69 Å². The number of amides is 1. The first-order chi connectivity index (χ1) is 14.8. The zero-order valence-electron chi connectivity index (χ0n) is 17.5. The summed E-state index contributed by atoms with van der Waals surface area (Å²) in [7, 11) is 0. The zero-order valence-corrected chi connectivity index (χ0v) is 17.5. The maximum absolute atomic E-state index is 13.5. The summed E-state index contributed by atoms with van der Waals surface area (Å²) in [6.07, 6.45) is -1.94. The van der Waals surface area contributed by atoms with Crippen molar-refractivity contribution >= 4 is 11.6 Å². The molecular formula is C24H24F3N3O. The van der Waals surface area contributed by atoms with Gasteiger partial charge in [-0.3, -0.25) is 4.79 Å². The van der Waals surface area contributed by atoms with Gasteiger partial charge < -0.3 is 4.90 Å². The Labute approximate surface area is 179 Å². The summed E-state index contributed by atoms with van der Waals surface area (Å²) in [5.41, 5.74) is 3.01. The van der Waals surface area contributed by atoms with Crippen LogP contribution in [0.5, 0.6) is 0 Å². The van der Waals surface area contributed by atoms with Gasteiger partial charge in [-0.15, -0.1) is 0 Å². The predicted octanol–water partition coefficient (Wildman–Crippen LogP) is 5.75. The first kappa shape index (κ1) is 21.2. The van der Waals surface area contributed by atoms with Crippen molar-refractivity contribution in [2.75, 3.05) is 11.4 Å². The van der Waals surface area contributed by atoms with Crippen molar-refractivity contribution in [3.8, 4) is 5.69 Å². The quantitative estimate of drug-likeness (QED) is 0.532. The summed E-state index contributed by atoms with van der Waals surface area (Å²) in [6.45, 7) is 4.38. The molecule has 31 heavy (non-hydrogen) atoms. The van der Waals surface area contributed by atoms with Crippen LogP contribution in [0.15, 0.2) is 48.5 Å². The monoisotopic (exact) mass is 427 g/mol. The molecule has 0 fully saturated rings. The third kappa shape index (κ3) is 4.09. The molecule has 0 atom stereocenters. The van der Waals surface area contributed by atoms with E-state index in [1.807, 2.05) is 38.1 Å². The minimum absolute atomic E-state index is 0.155. The Morgan fingerprint density at radius 1 is 1.10 bits per heavy atom. The van der Waals surface area contributed by atoms with Gasteiger partial charge in [0.1, 0.15) is 0 Å². The Morgan fingerprint density at radius 3 is 2.45 bits per heavy atom. The maximum atomic E-state index is 13.5. The highest BCUT2D eigenvalue weighted by Gasteiger charge is 2.39. The Bertz CT molecular complexity index is 1100. The Morgan fingerprint density at radius 2 is 1.81 bits per heavy atom. The smallest absolute Gasteiger partial charge is 0.309 e. The lowest BCUT2D eigenvalue weighted by Gasteiger charge is -2.22. The van der Waals surface area contributed by atoms with Crippen LogP contribution in [-0.4, -0.2) is 22.2 Å². The van der Waals surface area contributed by atoms with Gasteiger partial charge in [-0.25, -0.2) is 4.68 Å². The number of hydrogen-bond acceptors (Lipinski definition) is 2. The third-order valence-electron chi connectivity index (χ3n) is 5.68.